The molecule has 5 heteroatoms. The number of allylic oxidation sites excluding steroid dienone is 3. The van der Waals surface area contributed by atoms with Crippen molar-refractivity contribution in [3.8, 4) is 11.8 Å². The molecule has 1 aromatic heterocycles. The lowest BCUT2D eigenvalue weighted by Crippen LogP contribution is -2.17. The van der Waals surface area contributed by atoms with Gasteiger partial charge in [0.05, 0.1) is 11.4 Å². The van der Waals surface area contributed by atoms with E-state index >= 15 is 0 Å². The maximum Gasteiger partial charge on any atom is 0.678 e. The van der Waals surface area contributed by atoms with E-state index in [1.165, 1.54) is 0 Å². The first-order valence-electron chi connectivity index (χ1n) is 7.99. The van der Waals surface area contributed by atoms with Crippen LogP contribution in [-0.4, -0.2) is 17.6 Å². The van der Waals surface area contributed by atoms with Crippen LogP contribution in [0.4, 0.5) is 8.63 Å². The number of benzene rings is 1. The van der Waals surface area contributed by atoms with Gasteiger partial charge in [-0.15, -0.1) is 0 Å². The number of halogens is 2. The zero-order valence-corrected chi connectivity index (χ0v) is 14.3. The lowest BCUT2D eigenvalue weighted by molar-refractivity contribution is 0.626. The maximum absolute atomic E-state index is 13.7. The van der Waals surface area contributed by atoms with Crippen LogP contribution in [0.3, 0.4) is 0 Å². The third-order valence-electron chi connectivity index (χ3n) is 4.05. The number of hydrogen-bond acceptors (Lipinski definition) is 1. The van der Waals surface area contributed by atoms with Gasteiger partial charge in [0.25, 0.3) is 0 Å². The summed E-state index contributed by atoms with van der Waals surface area (Å²) in [6.07, 6.45) is 1.95. The van der Waals surface area contributed by atoms with E-state index in [9.17, 15) is 8.63 Å². The van der Waals surface area contributed by atoms with Crippen LogP contribution in [0, 0.1) is 11.8 Å². The molecule has 0 spiro atoms. The zero-order chi connectivity index (χ0) is 18.0. The molecule has 0 unspecified atom stereocenters. The van der Waals surface area contributed by atoms with Gasteiger partial charge < -0.3 is 4.48 Å². The Balaban J connectivity index is 2.07. The normalized spacial score (nSPS) is 15.2. The molecular weight excluding hydrogens is 317 g/mol. The van der Waals surface area contributed by atoms with Crippen LogP contribution < -0.4 is 0 Å². The van der Waals surface area contributed by atoms with E-state index < -0.39 is 7.40 Å². The lowest BCUT2D eigenvalue weighted by atomic mass is 10.1. The van der Waals surface area contributed by atoms with Crippen molar-refractivity contribution in [3.63, 3.8) is 0 Å². The van der Waals surface area contributed by atoms with Crippen LogP contribution in [0.2, 0.25) is 0 Å². The molecule has 1 aromatic carbocycles. The fourth-order valence-electron chi connectivity index (χ4n) is 2.90. The molecule has 0 saturated heterocycles. The van der Waals surface area contributed by atoms with E-state index in [4.69, 9.17) is 0 Å². The summed E-state index contributed by atoms with van der Waals surface area (Å²) < 4.78 is 28.3. The van der Waals surface area contributed by atoms with Gasteiger partial charge in [-0.1, -0.05) is 24.1 Å². The van der Waals surface area contributed by atoms with Crippen molar-refractivity contribution in [2.45, 2.75) is 20.8 Å². The number of aliphatic imine (C=N–C) groups is 1. The quantitative estimate of drug-likeness (QED) is 0.554. The van der Waals surface area contributed by atoms with Gasteiger partial charge in [-0.3, -0.25) is 13.6 Å². The van der Waals surface area contributed by atoms with Crippen molar-refractivity contribution in [2.24, 2.45) is 4.99 Å². The van der Waals surface area contributed by atoms with Crippen molar-refractivity contribution in [1.29, 1.82) is 0 Å². The molecule has 0 amide bonds. The van der Waals surface area contributed by atoms with Gasteiger partial charge in [0.15, 0.2) is 0 Å². The van der Waals surface area contributed by atoms with Crippen LogP contribution in [0.15, 0.2) is 64.8 Å². The van der Waals surface area contributed by atoms with E-state index in [1.807, 2.05) is 57.2 Å². The Kier molecular flexibility index (Phi) is 4.71. The van der Waals surface area contributed by atoms with Gasteiger partial charge in [0, 0.05) is 17.0 Å². The summed E-state index contributed by atoms with van der Waals surface area (Å²) in [5.41, 5.74) is 4.84. The molecule has 0 bridgehead atoms. The average Bonchev–Trinajstić information content (AvgIpc) is 3.16. The third kappa shape index (κ3) is 3.48. The van der Waals surface area contributed by atoms with Crippen LogP contribution in [-0.2, 0) is 0 Å². The van der Waals surface area contributed by atoms with Crippen LogP contribution in [0.1, 0.15) is 37.7 Å². The van der Waals surface area contributed by atoms with Gasteiger partial charge >= 0.3 is 7.40 Å². The highest BCUT2D eigenvalue weighted by Gasteiger charge is 2.25. The van der Waals surface area contributed by atoms with Crippen molar-refractivity contribution in [1.82, 2.24) is 4.48 Å². The second-order valence-electron chi connectivity index (χ2n) is 5.92. The molecule has 0 aliphatic carbocycles. The van der Waals surface area contributed by atoms with E-state index in [0.717, 1.165) is 32.6 Å². The molecule has 2 heterocycles. The molecule has 0 N–H and O–H groups in total. The Morgan fingerprint density at radius 1 is 1.04 bits per heavy atom. The zero-order valence-electron chi connectivity index (χ0n) is 14.3. The fourth-order valence-corrected chi connectivity index (χ4v) is 2.90. The van der Waals surface area contributed by atoms with Gasteiger partial charge in [0.1, 0.15) is 0 Å². The highest BCUT2D eigenvalue weighted by Crippen LogP contribution is 2.29. The molecule has 0 saturated carbocycles. The van der Waals surface area contributed by atoms with E-state index in [2.05, 4.69) is 16.8 Å². The first-order chi connectivity index (χ1) is 12.0. The summed E-state index contributed by atoms with van der Waals surface area (Å²) in [6.45, 7) is 5.65. The number of nitrogens with zero attached hydrogens (tertiary/aromatic N) is 2. The predicted octanol–water partition coefficient (Wildman–Crippen LogP) is 4.81. The topological polar surface area (TPSA) is 17.3 Å². The Morgan fingerprint density at radius 3 is 2.36 bits per heavy atom. The predicted molar refractivity (Wildman–Crippen MR) is 99.7 cm³/mol. The first-order valence-corrected chi connectivity index (χ1v) is 7.99. The summed E-state index contributed by atoms with van der Waals surface area (Å²) in [7, 11) is -2.67. The Labute approximate surface area is 146 Å². The molecule has 0 atom stereocenters. The van der Waals surface area contributed by atoms with Crippen molar-refractivity contribution >= 4 is 18.7 Å². The first kappa shape index (κ1) is 17.0. The minimum Gasteiger partial charge on any atom is -0.318 e. The van der Waals surface area contributed by atoms with Crippen LogP contribution in [0.25, 0.3) is 5.57 Å². The summed E-state index contributed by atoms with van der Waals surface area (Å²) in [5.74, 6) is 5.79. The number of hydrogen-bond donors (Lipinski definition) is 0. The van der Waals surface area contributed by atoms with Crippen LogP contribution in [0.5, 0.6) is 0 Å². The second-order valence-corrected chi connectivity index (χ2v) is 5.92. The number of aromatic nitrogens is 1. The van der Waals surface area contributed by atoms with E-state index in [1.54, 1.807) is 12.1 Å². The molecule has 0 fully saturated rings. The molecule has 3 rings (SSSR count). The van der Waals surface area contributed by atoms with Gasteiger partial charge in [-0.2, -0.15) is 0 Å². The number of rotatable bonds is 2. The summed E-state index contributed by atoms with van der Waals surface area (Å²) in [5, 5.41) is 0. The standard InChI is InChI=1S/C20H17BF2N2/c1-14-13-15(2)24-20(14)16(3)19-12-11-18(25(19)21(22)23)10-9-17-7-5-4-6-8-17/h4-8,11-13H,1-3H3/b20-16-. The molecule has 1 aliphatic rings. The highest BCUT2D eigenvalue weighted by atomic mass is 19.2. The molecule has 1 aliphatic heterocycles. The molecule has 2 aromatic rings. The van der Waals surface area contributed by atoms with Crippen molar-refractivity contribution < 1.29 is 8.63 Å². The summed E-state index contributed by atoms with van der Waals surface area (Å²) in [6, 6.07) is 12.6. The summed E-state index contributed by atoms with van der Waals surface area (Å²) in [4.78, 5) is 4.46. The Bertz CT molecular complexity index is 955. The van der Waals surface area contributed by atoms with Gasteiger partial charge in [0.2, 0.25) is 0 Å². The Morgan fingerprint density at radius 2 is 1.76 bits per heavy atom. The molecule has 25 heavy (non-hydrogen) atoms. The SMILES string of the molecule is CC1=CC(C)=N/C1=C(/C)c1ccc(C#Cc2ccccc2)n1B(F)F. The third-order valence-corrected chi connectivity index (χ3v) is 4.05. The minimum absolute atomic E-state index is 0.286. The monoisotopic (exact) mass is 334 g/mol. The largest absolute Gasteiger partial charge is 0.678 e. The minimum atomic E-state index is -2.67. The molecule has 0 radical (unpaired) electrons. The van der Waals surface area contributed by atoms with Crippen LogP contribution >= 0.6 is 0 Å². The highest BCUT2D eigenvalue weighted by molar-refractivity contribution is 6.41. The lowest BCUT2D eigenvalue weighted by Gasteiger charge is -2.10. The van der Waals surface area contributed by atoms with Gasteiger partial charge in [-0.05, 0) is 68.2 Å². The fraction of sp³-hybridized carbons (Fsp3) is 0.150. The maximum atomic E-state index is 13.7. The van der Waals surface area contributed by atoms with E-state index in [0.29, 0.717) is 5.69 Å². The molecular formula is C20H17BF2N2. The van der Waals surface area contributed by atoms with Crippen molar-refractivity contribution in [3.05, 3.63) is 76.8 Å². The van der Waals surface area contributed by atoms with Gasteiger partial charge in [-0.25, -0.2) is 0 Å². The molecule has 2 nitrogen and oxygen atoms in total. The Hall–Kier alpha value is -2.87. The summed E-state index contributed by atoms with van der Waals surface area (Å²) >= 11 is 0. The van der Waals surface area contributed by atoms with E-state index in [-0.39, 0.29) is 5.69 Å². The average molecular weight is 334 g/mol. The van der Waals surface area contributed by atoms with Crippen molar-refractivity contribution in [2.75, 3.05) is 0 Å². The molecule has 124 valence electrons. The smallest absolute Gasteiger partial charge is 0.318 e. The second kappa shape index (κ2) is 6.94.